The van der Waals surface area contributed by atoms with Gasteiger partial charge in [-0.05, 0) is 48.9 Å². The summed E-state index contributed by atoms with van der Waals surface area (Å²) >= 11 is 1.29. The van der Waals surface area contributed by atoms with Crippen LogP contribution in [0.15, 0.2) is 58.0 Å². The molecule has 1 amide bonds. The van der Waals surface area contributed by atoms with Gasteiger partial charge >= 0.3 is 5.88 Å². The number of rotatable bonds is 7. The number of thiazole rings is 1. The van der Waals surface area contributed by atoms with Crippen LogP contribution in [-0.4, -0.2) is 36.2 Å². The summed E-state index contributed by atoms with van der Waals surface area (Å²) in [6.45, 7) is 1.97. The van der Waals surface area contributed by atoms with Gasteiger partial charge < -0.3 is 13.9 Å². The van der Waals surface area contributed by atoms with Crippen LogP contribution in [-0.2, 0) is 0 Å². The van der Waals surface area contributed by atoms with Crippen molar-refractivity contribution < 1.29 is 23.6 Å². The monoisotopic (exact) mass is 466 g/mol. The molecule has 33 heavy (non-hydrogen) atoms. The first-order chi connectivity index (χ1) is 15.9. The Balaban J connectivity index is 1.76. The lowest BCUT2D eigenvalue weighted by molar-refractivity contribution is -0.402. The number of carbonyl (C=O) groups is 1. The fourth-order valence-electron chi connectivity index (χ4n) is 3.01. The van der Waals surface area contributed by atoms with E-state index >= 15 is 0 Å². The third-order valence-electron chi connectivity index (χ3n) is 4.63. The van der Waals surface area contributed by atoms with Crippen LogP contribution in [0.2, 0.25) is 0 Å². The van der Waals surface area contributed by atoms with Gasteiger partial charge in [-0.2, -0.15) is 10.1 Å². The molecule has 0 N–H and O–H groups in total. The van der Waals surface area contributed by atoms with Crippen molar-refractivity contribution in [3.8, 4) is 11.5 Å². The molecule has 10 nitrogen and oxygen atoms in total. The van der Waals surface area contributed by atoms with Gasteiger partial charge in [0.15, 0.2) is 17.3 Å². The van der Waals surface area contributed by atoms with Crippen LogP contribution in [0.4, 0.5) is 11.0 Å². The summed E-state index contributed by atoms with van der Waals surface area (Å²) in [5, 5.41) is 16.6. The third-order valence-corrected chi connectivity index (χ3v) is 5.62. The molecule has 2 aromatic carbocycles. The average molecular weight is 466 g/mol. The van der Waals surface area contributed by atoms with Gasteiger partial charge in [-0.1, -0.05) is 17.4 Å². The van der Waals surface area contributed by atoms with Gasteiger partial charge in [0.05, 0.1) is 36.7 Å². The lowest BCUT2D eigenvalue weighted by atomic mass is 10.2. The van der Waals surface area contributed by atoms with Crippen molar-refractivity contribution in [3.63, 3.8) is 0 Å². The van der Waals surface area contributed by atoms with Crippen molar-refractivity contribution in [2.24, 2.45) is 5.10 Å². The number of ether oxygens (including phenoxy) is 2. The van der Waals surface area contributed by atoms with Crippen LogP contribution in [0.3, 0.4) is 0 Å². The molecule has 0 fully saturated rings. The number of nitrogens with zero attached hydrogens (tertiary/aromatic N) is 4. The van der Waals surface area contributed by atoms with Crippen LogP contribution in [0.5, 0.6) is 11.5 Å². The number of anilines is 1. The molecule has 0 aliphatic heterocycles. The second-order valence-electron chi connectivity index (χ2n) is 6.83. The average Bonchev–Trinajstić information content (AvgIpc) is 3.45. The van der Waals surface area contributed by atoms with E-state index in [1.807, 2.05) is 25.1 Å². The van der Waals surface area contributed by atoms with E-state index in [2.05, 4.69) is 10.1 Å². The number of methoxy groups -OCH3 is 2. The standard InChI is InChI=1S/C22H18N4O6S/c1-13-4-7-16-19(10-13)33-22(24-16)25(23-12-15-6-9-20(32-15)26(28)29)21(27)14-5-8-17(30-2)18(11-14)31-3/h4-12H,1-3H3/b23-12+. The molecule has 11 heteroatoms. The number of hydrazone groups is 1. The number of hydrogen-bond acceptors (Lipinski definition) is 9. The molecule has 0 aliphatic carbocycles. The van der Waals surface area contributed by atoms with E-state index in [9.17, 15) is 14.9 Å². The van der Waals surface area contributed by atoms with Gasteiger partial charge in [0.2, 0.25) is 5.13 Å². The molecule has 0 bridgehead atoms. The molecule has 4 rings (SSSR count). The van der Waals surface area contributed by atoms with Crippen LogP contribution < -0.4 is 14.5 Å². The number of nitro groups is 1. The molecule has 0 saturated carbocycles. The zero-order valence-corrected chi connectivity index (χ0v) is 18.7. The van der Waals surface area contributed by atoms with Crippen LogP contribution in [0.1, 0.15) is 21.7 Å². The van der Waals surface area contributed by atoms with E-state index in [1.54, 1.807) is 18.2 Å². The van der Waals surface area contributed by atoms with Gasteiger partial charge in [-0.3, -0.25) is 14.9 Å². The largest absolute Gasteiger partial charge is 0.493 e. The fraction of sp³-hybridized carbons (Fsp3) is 0.136. The summed E-state index contributed by atoms with van der Waals surface area (Å²) in [5.74, 6) is 0.0637. The van der Waals surface area contributed by atoms with E-state index < -0.39 is 16.7 Å². The number of benzene rings is 2. The van der Waals surface area contributed by atoms with E-state index in [0.29, 0.717) is 16.6 Å². The molecule has 0 radical (unpaired) electrons. The highest BCUT2D eigenvalue weighted by molar-refractivity contribution is 7.22. The molecule has 0 spiro atoms. The van der Waals surface area contributed by atoms with Crippen molar-refractivity contribution in [1.29, 1.82) is 0 Å². The predicted molar refractivity (Wildman–Crippen MR) is 124 cm³/mol. The minimum atomic E-state index is -0.653. The highest BCUT2D eigenvalue weighted by atomic mass is 32.1. The summed E-state index contributed by atoms with van der Waals surface area (Å²) in [4.78, 5) is 28.2. The first-order valence-electron chi connectivity index (χ1n) is 9.61. The number of hydrogen-bond donors (Lipinski definition) is 0. The number of amides is 1. The smallest absolute Gasteiger partial charge is 0.433 e. The Labute approximate surface area is 191 Å². The maximum Gasteiger partial charge on any atom is 0.433 e. The normalized spacial score (nSPS) is 11.1. The quantitative estimate of drug-likeness (QED) is 0.218. The number of aromatic nitrogens is 1. The van der Waals surface area contributed by atoms with Crippen LogP contribution in [0.25, 0.3) is 10.2 Å². The zero-order chi connectivity index (χ0) is 23.5. The van der Waals surface area contributed by atoms with Crippen LogP contribution in [0, 0.1) is 17.0 Å². The summed E-state index contributed by atoms with van der Waals surface area (Å²) in [7, 11) is 2.98. The molecular formula is C22H18N4O6S. The lowest BCUT2D eigenvalue weighted by Gasteiger charge is -2.15. The number of fused-ring (bicyclic) bond motifs is 1. The molecule has 0 atom stereocenters. The highest BCUT2D eigenvalue weighted by Crippen LogP contribution is 2.33. The van der Waals surface area contributed by atoms with Crippen molar-refractivity contribution in [2.45, 2.75) is 6.92 Å². The number of carbonyl (C=O) groups excluding carboxylic acids is 1. The second kappa shape index (κ2) is 9.09. The summed E-state index contributed by atoms with van der Waals surface area (Å²) in [6.07, 6.45) is 1.23. The Bertz CT molecular complexity index is 1380. The summed E-state index contributed by atoms with van der Waals surface area (Å²) in [6, 6.07) is 13.1. The zero-order valence-electron chi connectivity index (χ0n) is 17.8. The van der Waals surface area contributed by atoms with E-state index in [4.69, 9.17) is 13.9 Å². The van der Waals surface area contributed by atoms with E-state index in [1.165, 1.54) is 43.9 Å². The Kier molecular flexibility index (Phi) is 6.05. The Morgan fingerprint density at radius 2 is 1.94 bits per heavy atom. The molecule has 4 aromatic rings. The minimum absolute atomic E-state index is 0.115. The molecular weight excluding hydrogens is 448 g/mol. The van der Waals surface area contributed by atoms with Gasteiger partial charge in [-0.25, -0.2) is 4.98 Å². The SMILES string of the molecule is COc1ccc(C(=O)N(/N=C/c2ccc([N+](=O)[O-])o2)c2nc3ccc(C)cc3s2)cc1OC. The molecule has 168 valence electrons. The molecule has 0 unspecified atom stereocenters. The van der Waals surface area contributed by atoms with Crippen LogP contribution >= 0.6 is 11.3 Å². The number of aryl methyl sites for hydroxylation is 1. The maximum atomic E-state index is 13.4. The van der Waals surface area contributed by atoms with Gasteiger partial charge in [0.1, 0.15) is 4.92 Å². The van der Waals surface area contributed by atoms with Crippen molar-refractivity contribution in [1.82, 2.24) is 4.98 Å². The van der Waals surface area contributed by atoms with E-state index in [-0.39, 0.29) is 11.3 Å². The first kappa shape index (κ1) is 22.0. The van der Waals surface area contributed by atoms with Crippen molar-refractivity contribution >= 4 is 44.7 Å². The second-order valence-corrected chi connectivity index (χ2v) is 7.84. The summed E-state index contributed by atoms with van der Waals surface area (Å²) < 4.78 is 16.5. The Hall–Kier alpha value is -4.25. The third kappa shape index (κ3) is 4.53. The van der Waals surface area contributed by atoms with E-state index in [0.717, 1.165) is 20.8 Å². The molecule has 2 heterocycles. The minimum Gasteiger partial charge on any atom is -0.493 e. The number of furan rings is 1. The molecule has 2 aromatic heterocycles. The lowest BCUT2D eigenvalue weighted by Crippen LogP contribution is -2.25. The molecule has 0 saturated heterocycles. The van der Waals surface area contributed by atoms with Gasteiger partial charge in [0.25, 0.3) is 5.91 Å². The van der Waals surface area contributed by atoms with Gasteiger partial charge in [-0.15, -0.1) is 0 Å². The van der Waals surface area contributed by atoms with Crippen molar-refractivity contribution in [2.75, 3.05) is 19.2 Å². The topological polar surface area (TPSA) is 120 Å². The molecule has 0 aliphatic rings. The maximum absolute atomic E-state index is 13.4. The highest BCUT2D eigenvalue weighted by Gasteiger charge is 2.23. The first-order valence-corrected chi connectivity index (χ1v) is 10.4. The Morgan fingerprint density at radius 1 is 1.15 bits per heavy atom. The summed E-state index contributed by atoms with van der Waals surface area (Å²) in [5.41, 5.74) is 2.06. The Morgan fingerprint density at radius 3 is 2.64 bits per heavy atom. The van der Waals surface area contributed by atoms with Crippen molar-refractivity contribution in [3.05, 3.63) is 75.5 Å². The predicted octanol–water partition coefficient (Wildman–Crippen LogP) is 4.80. The van der Waals surface area contributed by atoms with Gasteiger partial charge in [0, 0.05) is 5.56 Å². The fourth-order valence-corrected chi connectivity index (χ4v) is 4.04.